The lowest BCUT2D eigenvalue weighted by Crippen LogP contribution is -2.16. The molecule has 232 valence electrons. The van der Waals surface area contributed by atoms with Gasteiger partial charge in [0.1, 0.15) is 0 Å². The van der Waals surface area contributed by atoms with E-state index in [9.17, 15) is 29.4 Å². The van der Waals surface area contributed by atoms with Gasteiger partial charge in [-0.1, -0.05) is 19.9 Å². The van der Waals surface area contributed by atoms with Crippen molar-refractivity contribution in [2.45, 2.75) is 80.1 Å². The number of H-pyrrole nitrogens is 2. The first kappa shape index (κ1) is 32.2. The van der Waals surface area contributed by atoms with Crippen LogP contribution in [0.2, 0.25) is 0 Å². The summed E-state index contributed by atoms with van der Waals surface area (Å²) >= 11 is 0. The van der Waals surface area contributed by atoms with Crippen molar-refractivity contribution < 1.29 is 29.4 Å². The van der Waals surface area contributed by atoms with Crippen molar-refractivity contribution in [3.63, 3.8) is 0 Å². The molecular weight excluding hydrogens is 560 g/mol. The van der Waals surface area contributed by atoms with Crippen LogP contribution >= 0.6 is 0 Å². The van der Waals surface area contributed by atoms with Crippen LogP contribution in [-0.2, 0) is 32.0 Å². The molecule has 0 saturated carbocycles. The van der Waals surface area contributed by atoms with Gasteiger partial charge in [0.2, 0.25) is 5.91 Å². The van der Waals surface area contributed by atoms with E-state index in [0.717, 1.165) is 50.9 Å². The van der Waals surface area contributed by atoms with Gasteiger partial charge in [-0.3, -0.25) is 19.2 Å². The van der Waals surface area contributed by atoms with E-state index in [0.29, 0.717) is 34.4 Å². The summed E-state index contributed by atoms with van der Waals surface area (Å²) in [5, 5.41) is 23.3. The number of nitrogens with one attached hydrogen (secondary N) is 3. The number of nitrogens with zero attached hydrogens (tertiary/aromatic N) is 1. The van der Waals surface area contributed by atoms with Crippen molar-refractivity contribution in [2.75, 3.05) is 0 Å². The summed E-state index contributed by atoms with van der Waals surface area (Å²) in [6.45, 7) is 11.5. The number of hydrogen-bond acceptors (Lipinski definition) is 4. The number of carboxylic acid groups (broad SMARTS) is 2. The molecule has 0 aliphatic carbocycles. The molecule has 10 nitrogen and oxygen atoms in total. The number of carboxylic acids is 2. The van der Waals surface area contributed by atoms with Crippen molar-refractivity contribution in [1.29, 1.82) is 0 Å². The highest BCUT2D eigenvalue weighted by molar-refractivity contribution is 6.30. The zero-order valence-corrected chi connectivity index (χ0v) is 26.1. The zero-order valence-electron chi connectivity index (χ0n) is 26.1. The fraction of sp³-hybridized carbons (Fsp3) is 0.382. The number of rotatable bonds is 11. The van der Waals surface area contributed by atoms with Crippen molar-refractivity contribution in [2.24, 2.45) is 10.9 Å². The SMILES string of the molecule is CC/C=C1\C(=C\c2[nH]c(/C=c3\[nH]/c(=C\C4=NC(=O)C(CC)=C4C)c(C)c3CCC(=O)O)c(CCC(=O)O)c2C)NC(=O)C1C. The van der Waals surface area contributed by atoms with Gasteiger partial charge in [0.15, 0.2) is 0 Å². The summed E-state index contributed by atoms with van der Waals surface area (Å²) < 4.78 is 0. The molecule has 44 heavy (non-hydrogen) atoms. The first-order chi connectivity index (χ1) is 20.9. The number of amides is 2. The molecule has 0 spiro atoms. The molecule has 4 rings (SSSR count). The number of aliphatic imine (C=N–C) groups is 1. The van der Waals surface area contributed by atoms with Crippen molar-refractivity contribution in [1.82, 2.24) is 15.3 Å². The van der Waals surface area contributed by atoms with Crippen LogP contribution in [0, 0.1) is 19.8 Å². The Bertz CT molecular complexity index is 1790. The first-order valence-electron chi connectivity index (χ1n) is 15.0. The highest BCUT2D eigenvalue weighted by Gasteiger charge is 2.29. The standard InChI is InChI=1S/C34H40N4O6/c1-7-9-22-20(6)33(43)38-30(22)15-26-19(5)24(11-13-32(41)42)29(36-26)16-28-23(10-12-31(39)40)18(4)25(35-28)14-27-17(3)21(8-2)34(44)37-27/h9,14-16,20,35-36H,7-8,10-13H2,1-6H3,(H,38,43)(H,39,40)(H,41,42)/b22-9-,25-14-,28-16-,30-15-. The second kappa shape index (κ2) is 13.3. The highest BCUT2D eigenvalue weighted by Crippen LogP contribution is 2.30. The average molecular weight is 601 g/mol. The summed E-state index contributed by atoms with van der Waals surface area (Å²) in [5.41, 5.74) is 8.47. The predicted octanol–water partition coefficient (Wildman–Crippen LogP) is 3.75. The molecule has 2 aliphatic rings. The van der Waals surface area contributed by atoms with Crippen molar-refractivity contribution in [3.8, 4) is 0 Å². The molecule has 0 aromatic carbocycles. The fourth-order valence-corrected chi connectivity index (χ4v) is 5.87. The van der Waals surface area contributed by atoms with Gasteiger partial charge in [-0.25, -0.2) is 4.99 Å². The van der Waals surface area contributed by atoms with E-state index in [2.05, 4.69) is 20.3 Å². The lowest BCUT2D eigenvalue weighted by molar-refractivity contribution is -0.138. The maximum absolute atomic E-state index is 12.5. The Morgan fingerprint density at radius 2 is 1.52 bits per heavy atom. The third kappa shape index (κ3) is 6.59. The van der Waals surface area contributed by atoms with Gasteiger partial charge in [-0.15, -0.1) is 0 Å². The number of aromatic nitrogens is 2. The maximum atomic E-state index is 12.5. The van der Waals surface area contributed by atoms with Crippen molar-refractivity contribution >= 4 is 47.7 Å². The summed E-state index contributed by atoms with van der Waals surface area (Å²) in [7, 11) is 0. The number of aromatic amines is 2. The Kier molecular flexibility index (Phi) is 9.71. The molecule has 1 atom stereocenters. The summed E-state index contributed by atoms with van der Waals surface area (Å²) in [5.74, 6) is -2.42. The zero-order chi connectivity index (χ0) is 32.3. The Morgan fingerprint density at radius 1 is 0.864 bits per heavy atom. The molecule has 1 saturated heterocycles. The lowest BCUT2D eigenvalue weighted by Gasteiger charge is -2.03. The smallest absolute Gasteiger partial charge is 0.303 e. The summed E-state index contributed by atoms with van der Waals surface area (Å²) in [4.78, 5) is 59.0. The third-order valence-corrected chi connectivity index (χ3v) is 8.46. The van der Waals surface area contributed by atoms with Gasteiger partial charge in [-0.05, 0) is 105 Å². The van der Waals surface area contributed by atoms with E-state index >= 15 is 0 Å². The van der Waals surface area contributed by atoms with E-state index < -0.39 is 11.9 Å². The van der Waals surface area contributed by atoms with Crippen LogP contribution in [0.5, 0.6) is 0 Å². The van der Waals surface area contributed by atoms with Gasteiger partial charge in [0, 0.05) is 46.2 Å². The van der Waals surface area contributed by atoms with Crippen LogP contribution in [-0.4, -0.2) is 49.6 Å². The number of carbonyl (C=O) groups excluding carboxylic acids is 2. The van der Waals surface area contributed by atoms with Crippen LogP contribution in [0.1, 0.15) is 87.0 Å². The van der Waals surface area contributed by atoms with E-state index in [4.69, 9.17) is 0 Å². The number of aliphatic carboxylic acids is 2. The molecule has 0 bridgehead atoms. The van der Waals surface area contributed by atoms with Gasteiger partial charge >= 0.3 is 11.9 Å². The molecule has 5 N–H and O–H groups in total. The first-order valence-corrected chi connectivity index (χ1v) is 15.0. The second-order valence-electron chi connectivity index (χ2n) is 11.3. The van der Waals surface area contributed by atoms with E-state index in [1.54, 1.807) is 0 Å². The molecule has 2 aromatic rings. The molecule has 2 aromatic heterocycles. The van der Waals surface area contributed by atoms with Crippen LogP contribution in [0.25, 0.3) is 18.2 Å². The van der Waals surface area contributed by atoms with Gasteiger partial charge in [0.05, 0.1) is 11.6 Å². The number of hydrogen-bond donors (Lipinski definition) is 5. The topological polar surface area (TPSA) is 165 Å². The molecule has 4 heterocycles. The molecule has 2 amide bonds. The average Bonchev–Trinajstić information content (AvgIpc) is 3.60. The molecule has 1 fully saturated rings. The summed E-state index contributed by atoms with van der Waals surface area (Å²) in [6.07, 6.45) is 9.38. The van der Waals surface area contributed by atoms with Crippen LogP contribution in [0.4, 0.5) is 0 Å². The Morgan fingerprint density at radius 3 is 2.11 bits per heavy atom. The summed E-state index contributed by atoms with van der Waals surface area (Å²) in [6, 6.07) is 0. The molecular formula is C34H40N4O6. The van der Waals surface area contributed by atoms with Crippen LogP contribution < -0.4 is 16.0 Å². The van der Waals surface area contributed by atoms with Crippen LogP contribution in [0.3, 0.4) is 0 Å². The number of carbonyl (C=O) groups is 4. The van der Waals surface area contributed by atoms with Gasteiger partial charge in [-0.2, -0.15) is 0 Å². The number of allylic oxidation sites excluding steroid dienone is 3. The highest BCUT2D eigenvalue weighted by atomic mass is 16.4. The minimum atomic E-state index is -0.922. The Balaban J connectivity index is 1.91. The predicted molar refractivity (Wildman–Crippen MR) is 169 cm³/mol. The monoisotopic (exact) mass is 600 g/mol. The minimum absolute atomic E-state index is 0.0712. The largest absolute Gasteiger partial charge is 0.481 e. The van der Waals surface area contributed by atoms with E-state index in [1.807, 2.05) is 65.8 Å². The molecule has 10 heteroatoms. The fourth-order valence-electron chi connectivity index (χ4n) is 5.87. The third-order valence-electron chi connectivity index (χ3n) is 8.46. The normalized spacial score (nSPS) is 19.6. The van der Waals surface area contributed by atoms with E-state index in [-0.39, 0.29) is 43.4 Å². The van der Waals surface area contributed by atoms with Crippen LogP contribution in [0.15, 0.2) is 33.5 Å². The Hall–Kier alpha value is -4.73. The quantitative estimate of drug-likeness (QED) is 0.264. The minimum Gasteiger partial charge on any atom is -0.481 e. The maximum Gasteiger partial charge on any atom is 0.303 e. The Labute approximate surface area is 256 Å². The lowest BCUT2D eigenvalue weighted by atomic mass is 9.99. The van der Waals surface area contributed by atoms with E-state index in [1.165, 1.54) is 0 Å². The van der Waals surface area contributed by atoms with Gasteiger partial charge in [0.25, 0.3) is 5.91 Å². The molecule has 0 radical (unpaired) electrons. The second-order valence-corrected chi connectivity index (χ2v) is 11.3. The van der Waals surface area contributed by atoms with Gasteiger partial charge < -0.3 is 25.5 Å². The van der Waals surface area contributed by atoms with Crippen molar-refractivity contribution in [3.05, 3.63) is 72.8 Å². The molecule has 2 aliphatic heterocycles. The molecule has 1 unspecified atom stereocenters.